The van der Waals surface area contributed by atoms with Gasteiger partial charge in [0.25, 0.3) is 0 Å². The van der Waals surface area contributed by atoms with Crippen molar-refractivity contribution in [3.05, 3.63) is 30.1 Å². The number of aliphatic hydroxyl groups excluding tert-OH is 1. The Balaban J connectivity index is 1.69. The molecule has 1 N–H and O–H groups in total. The molecule has 88 valence electrons. The molecule has 2 heterocycles. The van der Waals surface area contributed by atoms with Crippen molar-refractivity contribution in [1.29, 1.82) is 0 Å². The van der Waals surface area contributed by atoms with Crippen LogP contribution in [0.4, 0.5) is 0 Å². The van der Waals surface area contributed by atoms with Crippen molar-refractivity contribution in [3.63, 3.8) is 0 Å². The highest BCUT2D eigenvalue weighted by Crippen LogP contribution is 2.18. The normalized spacial score (nSPS) is 22.2. The average Bonchev–Trinajstić information content (AvgIpc) is 2.81. The lowest BCUT2D eigenvalue weighted by molar-refractivity contribution is 0.0813. The van der Waals surface area contributed by atoms with E-state index >= 15 is 0 Å². The fourth-order valence-electron chi connectivity index (χ4n) is 2.14. The van der Waals surface area contributed by atoms with Crippen LogP contribution < -0.4 is 0 Å². The van der Waals surface area contributed by atoms with E-state index in [0.29, 0.717) is 6.10 Å². The summed E-state index contributed by atoms with van der Waals surface area (Å²) in [6, 6.07) is 3.91. The summed E-state index contributed by atoms with van der Waals surface area (Å²) >= 11 is 0. The third-order valence-electron chi connectivity index (χ3n) is 3.07. The van der Waals surface area contributed by atoms with E-state index in [2.05, 4.69) is 4.98 Å². The monoisotopic (exact) mass is 221 g/mol. The summed E-state index contributed by atoms with van der Waals surface area (Å²) in [5, 5.41) is 9.89. The SMILES string of the molecule is OC(CCC1CCCO1)Cc1ccncc1. The molecule has 2 unspecified atom stereocenters. The van der Waals surface area contributed by atoms with Crippen molar-refractivity contribution in [2.45, 2.75) is 44.3 Å². The molecule has 1 saturated heterocycles. The van der Waals surface area contributed by atoms with Crippen LogP contribution in [0.1, 0.15) is 31.2 Å². The van der Waals surface area contributed by atoms with Gasteiger partial charge in [-0.3, -0.25) is 4.98 Å². The second-order valence-corrected chi connectivity index (χ2v) is 4.43. The maximum absolute atomic E-state index is 9.89. The van der Waals surface area contributed by atoms with Gasteiger partial charge in [0.05, 0.1) is 12.2 Å². The molecule has 16 heavy (non-hydrogen) atoms. The van der Waals surface area contributed by atoms with Crippen molar-refractivity contribution in [1.82, 2.24) is 4.98 Å². The van der Waals surface area contributed by atoms with Crippen LogP contribution in [0.15, 0.2) is 24.5 Å². The topological polar surface area (TPSA) is 42.4 Å². The molecule has 3 heteroatoms. The van der Waals surface area contributed by atoms with E-state index in [4.69, 9.17) is 4.74 Å². The van der Waals surface area contributed by atoms with Gasteiger partial charge in [-0.25, -0.2) is 0 Å². The Labute approximate surface area is 96.5 Å². The van der Waals surface area contributed by atoms with Crippen LogP contribution in [0, 0.1) is 0 Å². The number of pyridine rings is 1. The molecule has 1 aromatic rings. The first kappa shape index (κ1) is 11.6. The summed E-state index contributed by atoms with van der Waals surface area (Å²) in [4.78, 5) is 3.96. The van der Waals surface area contributed by atoms with Gasteiger partial charge in [0.15, 0.2) is 0 Å². The first-order chi connectivity index (χ1) is 7.84. The molecule has 3 nitrogen and oxygen atoms in total. The Hall–Kier alpha value is -0.930. The van der Waals surface area contributed by atoms with Gasteiger partial charge in [-0.1, -0.05) is 0 Å². The molecule has 0 bridgehead atoms. The molecule has 0 amide bonds. The molecule has 1 aliphatic rings. The second kappa shape index (κ2) is 5.97. The number of hydrogen-bond acceptors (Lipinski definition) is 3. The number of hydrogen-bond donors (Lipinski definition) is 1. The van der Waals surface area contributed by atoms with E-state index in [1.807, 2.05) is 12.1 Å². The number of ether oxygens (including phenoxy) is 1. The van der Waals surface area contributed by atoms with Crippen LogP contribution in [0.2, 0.25) is 0 Å². The van der Waals surface area contributed by atoms with Gasteiger partial charge in [0.2, 0.25) is 0 Å². The fraction of sp³-hybridized carbons (Fsp3) is 0.615. The number of nitrogens with zero attached hydrogens (tertiary/aromatic N) is 1. The van der Waals surface area contributed by atoms with Crippen molar-refractivity contribution >= 4 is 0 Å². The van der Waals surface area contributed by atoms with Crippen LogP contribution in [-0.2, 0) is 11.2 Å². The summed E-state index contributed by atoms with van der Waals surface area (Å²) in [6.07, 6.45) is 8.50. The van der Waals surface area contributed by atoms with E-state index in [9.17, 15) is 5.11 Å². The Bertz CT molecular complexity index is 296. The van der Waals surface area contributed by atoms with Crippen molar-refractivity contribution in [3.8, 4) is 0 Å². The average molecular weight is 221 g/mol. The highest BCUT2D eigenvalue weighted by Gasteiger charge is 2.16. The van der Waals surface area contributed by atoms with Crippen LogP contribution in [0.5, 0.6) is 0 Å². The molecule has 0 spiro atoms. The van der Waals surface area contributed by atoms with Crippen molar-refractivity contribution in [2.75, 3.05) is 6.61 Å². The van der Waals surface area contributed by atoms with Crippen LogP contribution in [0.3, 0.4) is 0 Å². The number of rotatable bonds is 5. The Morgan fingerprint density at radius 1 is 1.44 bits per heavy atom. The van der Waals surface area contributed by atoms with Crippen molar-refractivity contribution < 1.29 is 9.84 Å². The highest BCUT2D eigenvalue weighted by molar-refractivity contribution is 5.10. The first-order valence-corrected chi connectivity index (χ1v) is 6.03. The minimum Gasteiger partial charge on any atom is -0.393 e. The largest absolute Gasteiger partial charge is 0.393 e. The predicted molar refractivity (Wildman–Crippen MR) is 62.2 cm³/mol. The molecule has 0 aliphatic carbocycles. The van der Waals surface area contributed by atoms with Gasteiger partial charge in [-0.15, -0.1) is 0 Å². The molecule has 2 rings (SSSR count). The Kier molecular flexibility index (Phi) is 4.31. The molecule has 2 atom stereocenters. The summed E-state index contributed by atoms with van der Waals surface area (Å²) < 4.78 is 5.53. The quantitative estimate of drug-likeness (QED) is 0.826. The first-order valence-electron chi connectivity index (χ1n) is 6.03. The molecule has 1 aromatic heterocycles. The van der Waals surface area contributed by atoms with Gasteiger partial charge in [-0.2, -0.15) is 0 Å². The molecular formula is C13H19NO2. The smallest absolute Gasteiger partial charge is 0.0581 e. The number of aliphatic hydroxyl groups is 1. The summed E-state index contributed by atoms with van der Waals surface area (Å²) in [5.41, 5.74) is 1.15. The minimum absolute atomic E-state index is 0.258. The molecule has 0 radical (unpaired) electrons. The van der Waals surface area contributed by atoms with Crippen molar-refractivity contribution in [2.24, 2.45) is 0 Å². The zero-order valence-corrected chi connectivity index (χ0v) is 9.51. The predicted octanol–water partition coefficient (Wildman–Crippen LogP) is 1.94. The standard InChI is InChI=1S/C13H19NO2/c15-12(3-4-13-2-1-9-16-13)10-11-5-7-14-8-6-11/h5-8,12-13,15H,1-4,9-10H2. The van der Waals surface area contributed by atoms with E-state index < -0.39 is 0 Å². The third kappa shape index (κ3) is 3.58. The lowest BCUT2D eigenvalue weighted by Gasteiger charge is -2.13. The lowest BCUT2D eigenvalue weighted by atomic mass is 10.0. The van der Waals surface area contributed by atoms with Gasteiger partial charge in [0, 0.05) is 19.0 Å². The fourth-order valence-corrected chi connectivity index (χ4v) is 2.14. The summed E-state index contributed by atoms with van der Waals surface area (Å²) in [5.74, 6) is 0. The second-order valence-electron chi connectivity index (χ2n) is 4.43. The third-order valence-corrected chi connectivity index (χ3v) is 3.07. The number of aromatic nitrogens is 1. The minimum atomic E-state index is -0.258. The summed E-state index contributed by atoms with van der Waals surface area (Å²) in [6.45, 7) is 0.894. The Morgan fingerprint density at radius 2 is 2.25 bits per heavy atom. The maximum Gasteiger partial charge on any atom is 0.0581 e. The van der Waals surface area contributed by atoms with Crippen LogP contribution in [0.25, 0.3) is 0 Å². The van der Waals surface area contributed by atoms with Gasteiger partial charge >= 0.3 is 0 Å². The summed E-state index contributed by atoms with van der Waals surface area (Å²) in [7, 11) is 0. The zero-order chi connectivity index (χ0) is 11.2. The van der Waals surface area contributed by atoms with E-state index in [-0.39, 0.29) is 6.10 Å². The van der Waals surface area contributed by atoms with Gasteiger partial charge < -0.3 is 9.84 Å². The molecular weight excluding hydrogens is 202 g/mol. The van der Waals surface area contributed by atoms with Gasteiger partial charge in [0.1, 0.15) is 0 Å². The molecule has 0 saturated carbocycles. The molecule has 1 aliphatic heterocycles. The van der Waals surface area contributed by atoms with E-state index in [1.165, 1.54) is 6.42 Å². The Morgan fingerprint density at radius 3 is 2.94 bits per heavy atom. The van der Waals surface area contributed by atoms with E-state index in [0.717, 1.165) is 37.9 Å². The van der Waals surface area contributed by atoms with Crippen LogP contribution >= 0.6 is 0 Å². The lowest BCUT2D eigenvalue weighted by Crippen LogP contribution is -2.14. The van der Waals surface area contributed by atoms with E-state index in [1.54, 1.807) is 12.4 Å². The molecule has 0 aromatic carbocycles. The zero-order valence-electron chi connectivity index (χ0n) is 9.51. The van der Waals surface area contributed by atoms with Gasteiger partial charge in [-0.05, 0) is 49.8 Å². The maximum atomic E-state index is 9.89. The highest BCUT2D eigenvalue weighted by atomic mass is 16.5. The molecule has 1 fully saturated rings. The van der Waals surface area contributed by atoms with Crippen LogP contribution in [-0.4, -0.2) is 28.9 Å².